The molecule has 1 aromatic rings. The van der Waals surface area contributed by atoms with Crippen LogP contribution in [0.1, 0.15) is 12.8 Å². The van der Waals surface area contributed by atoms with Crippen LogP contribution in [0.15, 0.2) is 12.1 Å². The van der Waals surface area contributed by atoms with Crippen molar-refractivity contribution in [1.82, 2.24) is 4.90 Å². The Morgan fingerprint density at radius 2 is 2.00 bits per heavy atom. The number of rotatable bonds is 3. The minimum Gasteiger partial charge on any atom is -0.397 e. The Morgan fingerprint density at radius 3 is 2.67 bits per heavy atom. The highest BCUT2D eigenvalue weighted by atomic mass is 19.2. The van der Waals surface area contributed by atoms with Crippen LogP contribution < -0.4 is 11.1 Å². The molecule has 0 atom stereocenters. The molecule has 18 heavy (non-hydrogen) atoms. The normalized spacial score (nSPS) is 17.9. The van der Waals surface area contributed by atoms with E-state index in [1.165, 1.54) is 6.07 Å². The van der Waals surface area contributed by atoms with E-state index in [4.69, 9.17) is 5.73 Å². The first-order valence-electron chi connectivity index (χ1n) is 6.24. The maximum atomic E-state index is 13.6. The molecule has 0 saturated carbocycles. The number of piperidine rings is 1. The van der Waals surface area contributed by atoms with Gasteiger partial charge in [-0.2, -0.15) is 0 Å². The molecule has 1 saturated heterocycles. The van der Waals surface area contributed by atoms with Crippen LogP contribution in [0, 0.1) is 17.6 Å². The van der Waals surface area contributed by atoms with Gasteiger partial charge < -0.3 is 16.0 Å². The van der Waals surface area contributed by atoms with Crippen LogP contribution in [0.3, 0.4) is 0 Å². The van der Waals surface area contributed by atoms with Gasteiger partial charge >= 0.3 is 0 Å². The van der Waals surface area contributed by atoms with E-state index < -0.39 is 11.6 Å². The van der Waals surface area contributed by atoms with Gasteiger partial charge in [-0.1, -0.05) is 0 Å². The van der Waals surface area contributed by atoms with Crippen molar-refractivity contribution in [2.45, 2.75) is 12.8 Å². The van der Waals surface area contributed by atoms with Gasteiger partial charge in [-0.25, -0.2) is 8.78 Å². The average molecular weight is 255 g/mol. The lowest BCUT2D eigenvalue weighted by atomic mass is 9.97. The fraction of sp³-hybridized carbons (Fsp3) is 0.538. The number of hydrogen-bond acceptors (Lipinski definition) is 3. The molecule has 0 bridgehead atoms. The van der Waals surface area contributed by atoms with Crippen LogP contribution in [0.5, 0.6) is 0 Å². The van der Waals surface area contributed by atoms with Gasteiger partial charge in [-0.3, -0.25) is 0 Å². The largest absolute Gasteiger partial charge is 0.397 e. The molecule has 100 valence electrons. The van der Waals surface area contributed by atoms with E-state index >= 15 is 0 Å². The Balaban J connectivity index is 1.96. The van der Waals surface area contributed by atoms with Gasteiger partial charge in [0.15, 0.2) is 11.6 Å². The molecule has 0 aromatic heterocycles. The highest BCUT2D eigenvalue weighted by Crippen LogP contribution is 2.26. The van der Waals surface area contributed by atoms with Crippen molar-refractivity contribution in [3.63, 3.8) is 0 Å². The van der Waals surface area contributed by atoms with Crippen LogP contribution in [0.25, 0.3) is 0 Å². The maximum Gasteiger partial charge on any atom is 0.183 e. The standard InChI is InChI=1S/C13H19F2N3/c1-18-6-4-9(5-7-18)8-17-13-11(16)3-2-10(14)12(13)15/h2-3,9,17H,4-8,16H2,1H3. The van der Waals surface area contributed by atoms with Gasteiger partial charge in [0, 0.05) is 6.54 Å². The summed E-state index contributed by atoms with van der Waals surface area (Å²) >= 11 is 0. The summed E-state index contributed by atoms with van der Waals surface area (Å²) in [6.45, 7) is 2.74. The van der Waals surface area contributed by atoms with Crippen molar-refractivity contribution in [3.8, 4) is 0 Å². The Hall–Kier alpha value is -1.36. The minimum atomic E-state index is -0.886. The molecular weight excluding hydrogens is 236 g/mol. The van der Waals surface area contributed by atoms with E-state index in [-0.39, 0.29) is 11.4 Å². The first kappa shape index (κ1) is 13.1. The first-order valence-corrected chi connectivity index (χ1v) is 6.24. The van der Waals surface area contributed by atoms with E-state index in [1.807, 2.05) is 0 Å². The SMILES string of the molecule is CN1CCC(CNc2c(N)ccc(F)c2F)CC1. The Kier molecular flexibility index (Phi) is 4.01. The number of nitrogens with one attached hydrogen (secondary N) is 1. The monoisotopic (exact) mass is 255 g/mol. The van der Waals surface area contributed by atoms with Crippen molar-refractivity contribution >= 4 is 11.4 Å². The van der Waals surface area contributed by atoms with Gasteiger partial charge in [-0.15, -0.1) is 0 Å². The second kappa shape index (κ2) is 5.52. The summed E-state index contributed by atoms with van der Waals surface area (Å²) in [4.78, 5) is 2.27. The zero-order valence-electron chi connectivity index (χ0n) is 10.5. The molecule has 1 fully saturated rings. The fourth-order valence-corrected chi connectivity index (χ4v) is 2.26. The van der Waals surface area contributed by atoms with Crippen molar-refractivity contribution in [3.05, 3.63) is 23.8 Å². The Labute approximate surface area is 106 Å². The number of nitrogens with zero attached hydrogens (tertiary/aromatic N) is 1. The summed E-state index contributed by atoms with van der Waals surface area (Å²) < 4.78 is 26.7. The number of likely N-dealkylation sites (tertiary alicyclic amines) is 1. The van der Waals surface area contributed by atoms with Crippen molar-refractivity contribution < 1.29 is 8.78 Å². The zero-order valence-corrected chi connectivity index (χ0v) is 10.5. The van der Waals surface area contributed by atoms with Crippen LogP contribution in [-0.2, 0) is 0 Å². The number of hydrogen-bond donors (Lipinski definition) is 2. The summed E-state index contributed by atoms with van der Waals surface area (Å²) in [5.74, 6) is -1.26. The van der Waals surface area contributed by atoms with Crippen LogP contribution in [0.4, 0.5) is 20.2 Å². The third kappa shape index (κ3) is 2.90. The summed E-state index contributed by atoms with van der Waals surface area (Å²) in [5, 5.41) is 2.95. The number of nitrogens with two attached hydrogens (primary N) is 1. The molecule has 0 radical (unpaired) electrons. The predicted molar refractivity (Wildman–Crippen MR) is 69.5 cm³/mol. The zero-order chi connectivity index (χ0) is 13.1. The highest BCUT2D eigenvalue weighted by Gasteiger charge is 2.18. The van der Waals surface area contributed by atoms with E-state index in [9.17, 15) is 8.78 Å². The third-order valence-corrected chi connectivity index (χ3v) is 3.53. The molecule has 2 rings (SSSR count). The summed E-state index contributed by atoms with van der Waals surface area (Å²) in [5.41, 5.74) is 5.99. The van der Waals surface area contributed by atoms with E-state index in [1.54, 1.807) is 0 Å². The van der Waals surface area contributed by atoms with Crippen molar-refractivity contribution in [2.24, 2.45) is 5.92 Å². The molecule has 0 spiro atoms. The first-order chi connectivity index (χ1) is 8.58. The highest BCUT2D eigenvalue weighted by molar-refractivity contribution is 5.66. The molecule has 1 heterocycles. The fourth-order valence-electron chi connectivity index (χ4n) is 2.26. The van der Waals surface area contributed by atoms with Gasteiger partial charge in [-0.05, 0) is 51.0 Å². The molecule has 1 aliphatic rings. The molecule has 0 aliphatic carbocycles. The second-order valence-corrected chi connectivity index (χ2v) is 4.95. The lowest BCUT2D eigenvalue weighted by Crippen LogP contribution is -2.33. The minimum absolute atomic E-state index is 0.0916. The molecular formula is C13H19F2N3. The lowest BCUT2D eigenvalue weighted by molar-refractivity contribution is 0.226. The summed E-state index contributed by atoms with van der Waals surface area (Å²) in [6, 6.07) is 2.43. The predicted octanol–water partition coefficient (Wildman–Crippen LogP) is 2.30. The Bertz CT molecular complexity index is 415. The van der Waals surface area contributed by atoms with E-state index in [2.05, 4.69) is 17.3 Å². The molecule has 0 unspecified atom stereocenters. The second-order valence-electron chi connectivity index (χ2n) is 4.95. The molecule has 3 N–H and O–H groups in total. The van der Waals surface area contributed by atoms with Crippen LogP contribution >= 0.6 is 0 Å². The molecule has 1 aromatic carbocycles. The van der Waals surface area contributed by atoms with Gasteiger partial charge in [0.1, 0.15) is 0 Å². The molecule has 3 nitrogen and oxygen atoms in total. The maximum absolute atomic E-state index is 13.6. The lowest BCUT2D eigenvalue weighted by Gasteiger charge is -2.29. The quantitative estimate of drug-likeness (QED) is 0.814. The summed E-state index contributed by atoms with van der Waals surface area (Å²) in [6.07, 6.45) is 2.14. The number of anilines is 2. The number of benzene rings is 1. The smallest absolute Gasteiger partial charge is 0.183 e. The third-order valence-electron chi connectivity index (χ3n) is 3.53. The molecule has 5 heteroatoms. The Morgan fingerprint density at radius 1 is 1.33 bits per heavy atom. The number of halogens is 2. The van der Waals surface area contributed by atoms with Crippen molar-refractivity contribution in [1.29, 1.82) is 0 Å². The van der Waals surface area contributed by atoms with Gasteiger partial charge in [0.25, 0.3) is 0 Å². The van der Waals surface area contributed by atoms with Gasteiger partial charge in [0.2, 0.25) is 0 Å². The van der Waals surface area contributed by atoms with E-state index in [0.29, 0.717) is 12.5 Å². The number of nitrogen functional groups attached to an aromatic ring is 1. The van der Waals surface area contributed by atoms with E-state index in [0.717, 1.165) is 32.0 Å². The molecule has 0 amide bonds. The topological polar surface area (TPSA) is 41.3 Å². The van der Waals surface area contributed by atoms with Crippen LogP contribution in [-0.4, -0.2) is 31.6 Å². The average Bonchev–Trinajstić information content (AvgIpc) is 2.36. The van der Waals surface area contributed by atoms with Crippen molar-refractivity contribution in [2.75, 3.05) is 37.7 Å². The van der Waals surface area contributed by atoms with Crippen LogP contribution in [0.2, 0.25) is 0 Å². The molecule has 1 aliphatic heterocycles. The van der Waals surface area contributed by atoms with Gasteiger partial charge in [0.05, 0.1) is 11.4 Å². The summed E-state index contributed by atoms with van der Waals surface area (Å²) in [7, 11) is 2.09.